The molecular formula is C36H82O22. The molecule has 0 aromatic heterocycles. The van der Waals surface area contributed by atoms with Crippen molar-refractivity contribution in [2.45, 2.75) is 64.7 Å². The summed E-state index contributed by atoms with van der Waals surface area (Å²) in [5, 5.41) is 178. The monoisotopic (exact) mass is 867 g/mol. The van der Waals surface area contributed by atoms with E-state index in [-0.39, 0.29) is 0 Å². The lowest BCUT2D eigenvalue weighted by molar-refractivity contribution is -0.137. The Labute approximate surface area is 341 Å². The van der Waals surface area contributed by atoms with Crippen LogP contribution in [0.2, 0.25) is 0 Å². The van der Waals surface area contributed by atoms with Crippen LogP contribution in [0.15, 0.2) is 0 Å². The number of hydrogen-bond acceptors (Lipinski definition) is 21. The summed E-state index contributed by atoms with van der Waals surface area (Å²) in [5.41, 5.74) is -5.56. The molecule has 0 aromatic rings. The van der Waals surface area contributed by atoms with E-state index in [0.29, 0.717) is 6.42 Å². The summed E-state index contributed by atoms with van der Waals surface area (Å²) in [6.07, 6.45) is 10.1. The fraction of sp³-hybridized carbons (Fsp3) is 0.972. The molecule has 0 spiro atoms. The van der Waals surface area contributed by atoms with Gasteiger partial charge in [-0.25, -0.2) is 0 Å². The minimum Gasteiger partial charge on any atom is -0.481 e. The van der Waals surface area contributed by atoms with Crippen molar-refractivity contribution >= 4 is 5.97 Å². The van der Waals surface area contributed by atoms with Crippen molar-refractivity contribution in [1.82, 2.24) is 0 Å². The molecule has 0 aromatic carbocycles. The summed E-state index contributed by atoms with van der Waals surface area (Å²) in [5.74, 6) is -0.661. The van der Waals surface area contributed by atoms with Gasteiger partial charge in [0.05, 0.1) is 159 Å². The lowest BCUT2D eigenvalue weighted by Crippen LogP contribution is -2.37. The predicted octanol–water partition coefficient (Wildman–Crippen LogP) is -6.69. The fourth-order valence-electron chi connectivity index (χ4n) is 2.91. The first-order valence-electron chi connectivity index (χ1n) is 18.9. The van der Waals surface area contributed by atoms with Crippen LogP contribution in [-0.4, -0.2) is 245 Å². The molecule has 0 atom stereocenters. The molecule has 0 bridgehead atoms. The van der Waals surface area contributed by atoms with Gasteiger partial charge in [0.2, 0.25) is 0 Å². The third-order valence-corrected chi connectivity index (χ3v) is 8.95. The van der Waals surface area contributed by atoms with Crippen LogP contribution in [0.5, 0.6) is 0 Å². The summed E-state index contributed by atoms with van der Waals surface area (Å²) in [6, 6.07) is 0. The second-order valence-corrected chi connectivity index (χ2v) is 14.3. The number of carboxylic acid groups (broad SMARTS) is 1. The average Bonchev–Trinajstić information content (AvgIpc) is 3.28. The molecule has 0 radical (unpaired) electrons. The molecule has 0 aliphatic carbocycles. The van der Waals surface area contributed by atoms with Gasteiger partial charge in [0.1, 0.15) is 0 Å². The van der Waals surface area contributed by atoms with Crippen molar-refractivity contribution in [3.05, 3.63) is 0 Å². The zero-order valence-electron chi connectivity index (χ0n) is 34.3. The Bertz CT molecular complexity index is 601. The molecule has 22 heteroatoms. The van der Waals surface area contributed by atoms with Crippen molar-refractivity contribution in [2.24, 2.45) is 27.1 Å². The maximum Gasteiger partial charge on any atom is 0.303 e. The van der Waals surface area contributed by atoms with Crippen LogP contribution in [0.3, 0.4) is 0 Å². The fourth-order valence-corrected chi connectivity index (χ4v) is 2.91. The number of unbranched alkanes of at least 4 members (excludes halogenated alkanes) is 7. The summed E-state index contributed by atoms with van der Waals surface area (Å²) < 4.78 is 0. The topological polar surface area (TPSA) is 442 Å². The number of carboxylic acids is 1. The standard InChI is InChI=1S/C11H22O2.5C5H12O4/c1-2-3-4-5-6-7-8-9-10-11(12)13;5*6-1-5(2-7,3-8)4-9/h2-10H2,1H3,(H,12,13);5*6-9H,1-4H2. The van der Waals surface area contributed by atoms with Crippen LogP contribution in [0, 0.1) is 27.1 Å². The number of aliphatic carboxylic acids is 1. The molecule has 0 aliphatic heterocycles. The normalized spacial score (nSPS) is 11.6. The second kappa shape index (κ2) is 45.2. The number of hydrogen-bond donors (Lipinski definition) is 21. The van der Waals surface area contributed by atoms with E-state index in [0.717, 1.165) is 12.8 Å². The molecule has 358 valence electrons. The summed E-state index contributed by atoms with van der Waals surface area (Å²) >= 11 is 0. The van der Waals surface area contributed by atoms with Crippen LogP contribution < -0.4 is 0 Å². The molecule has 22 nitrogen and oxygen atoms in total. The maximum absolute atomic E-state index is 10.2. The summed E-state index contributed by atoms with van der Waals surface area (Å²) in [6.45, 7) is -5.91. The minimum atomic E-state index is -1.11. The molecule has 0 heterocycles. The van der Waals surface area contributed by atoms with E-state index in [9.17, 15) is 4.79 Å². The van der Waals surface area contributed by atoms with Gasteiger partial charge in [0, 0.05) is 6.42 Å². The molecular weight excluding hydrogens is 784 g/mol. The van der Waals surface area contributed by atoms with Crippen LogP contribution in [0.25, 0.3) is 0 Å². The molecule has 0 amide bonds. The molecule has 0 rings (SSSR count). The Hall–Kier alpha value is -1.33. The zero-order valence-corrected chi connectivity index (χ0v) is 34.3. The Balaban J connectivity index is -0.000000141. The van der Waals surface area contributed by atoms with E-state index < -0.39 is 165 Å². The van der Waals surface area contributed by atoms with Crippen molar-refractivity contribution in [1.29, 1.82) is 0 Å². The van der Waals surface area contributed by atoms with Gasteiger partial charge in [-0.15, -0.1) is 0 Å². The largest absolute Gasteiger partial charge is 0.481 e. The van der Waals surface area contributed by atoms with Gasteiger partial charge >= 0.3 is 5.97 Å². The Morgan fingerprint density at radius 3 is 0.517 bits per heavy atom. The highest BCUT2D eigenvalue weighted by atomic mass is 16.4. The average molecular weight is 867 g/mol. The van der Waals surface area contributed by atoms with E-state index in [4.69, 9.17) is 107 Å². The molecule has 58 heavy (non-hydrogen) atoms. The Kier molecular flexibility index (Phi) is 53.3. The van der Waals surface area contributed by atoms with Crippen LogP contribution in [0.4, 0.5) is 0 Å². The van der Waals surface area contributed by atoms with E-state index in [1.807, 2.05) is 0 Å². The number of carbonyl (C=O) groups is 1. The third kappa shape index (κ3) is 33.4. The Morgan fingerprint density at radius 1 is 0.276 bits per heavy atom. The van der Waals surface area contributed by atoms with Crippen molar-refractivity contribution in [2.75, 3.05) is 132 Å². The highest BCUT2D eigenvalue weighted by molar-refractivity contribution is 5.66. The first-order chi connectivity index (χ1) is 27.5. The van der Waals surface area contributed by atoms with Gasteiger partial charge in [0.25, 0.3) is 0 Å². The SMILES string of the molecule is CCCCCCCCCCC(=O)O.OCC(CO)(CO)CO.OCC(CO)(CO)CO.OCC(CO)(CO)CO.OCC(CO)(CO)CO.OCC(CO)(CO)CO. The molecule has 0 saturated carbocycles. The van der Waals surface area contributed by atoms with Gasteiger partial charge in [0.15, 0.2) is 0 Å². The van der Waals surface area contributed by atoms with Gasteiger partial charge < -0.3 is 107 Å². The highest BCUT2D eigenvalue weighted by Crippen LogP contribution is 2.15. The molecule has 0 fully saturated rings. The molecule has 0 saturated heterocycles. The van der Waals surface area contributed by atoms with Gasteiger partial charge in [-0.2, -0.15) is 0 Å². The summed E-state index contributed by atoms with van der Waals surface area (Å²) in [7, 11) is 0. The maximum atomic E-state index is 10.2. The Morgan fingerprint density at radius 2 is 0.414 bits per heavy atom. The lowest BCUT2D eigenvalue weighted by Gasteiger charge is -2.23. The second-order valence-electron chi connectivity index (χ2n) is 14.3. The van der Waals surface area contributed by atoms with Crippen molar-refractivity contribution < 1.29 is 112 Å². The van der Waals surface area contributed by atoms with Crippen LogP contribution in [-0.2, 0) is 4.79 Å². The van der Waals surface area contributed by atoms with E-state index in [1.165, 1.54) is 38.5 Å². The summed E-state index contributed by atoms with van der Waals surface area (Å²) in [4.78, 5) is 10.2. The predicted molar refractivity (Wildman–Crippen MR) is 209 cm³/mol. The van der Waals surface area contributed by atoms with E-state index in [2.05, 4.69) is 6.92 Å². The van der Waals surface area contributed by atoms with Gasteiger partial charge in [-0.1, -0.05) is 51.9 Å². The molecule has 0 aliphatic rings. The third-order valence-electron chi connectivity index (χ3n) is 8.95. The lowest BCUT2D eigenvalue weighted by atomic mass is 9.93. The zero-order chi connectivity index (χ0) is 46.6. The van der Waals surface area contributed by atoms with E-state index >= 15 is 0 Å². The smallest absolute Gasteiger partial charge is 0.303 e. The number of aliphatic hydroxyl groups is 20. The highest BCUT2D eigenvalue weighted by Gasteiger charge is 2.29. The quantitative estimate of drug-likeness (QED) is 0.0311. The van der Waals surface area contributed by atoms with Gasteiger partial charge in [-0.05, 0) is 6.42 Å². The van der Waals surface area contributed by atoms with Crippen LogP contribution >= 0.6 is 0 Å². The first kappa shape index (κ1) is 68.4. The number of aliphatic hydroxyl groups excluding tert-OH is 20. The minimum absolute atomic E-state index is 0.342. The van der Waals surface area contributed by atoms with Crippen molar-refractivity contribution in [3.63, 3.8) is 0 Å². The van der Waals surface area contributed by atoms with Gasteiger partial charge in [-0.3, -0.25) is 4.79 Å². The van der Waals surface area contributed by atoms with Crippen LogP contribution in [0.1, 0.15) is 64.7 Å². The molecule has 21 N–H and O–H groups in total. The molecule has 0 unspecified atom stereocenters. The van der Waals surface area contributed by atoms with E-state index in [1.54, 1.807) is 0 Å². The first-order valence-corrected chi connectivity index (χ1v) is 18.9. The van der Waals surface area contributed by atoms with Crippen molar-refractivity contribution in [3.8, 4) is 0 Å². The number of rotatable bonds is 29.